The molecule has 1 atom stereocenters. The standard InChI is InChI=1S/C17H22ClN3O3/c1-24-17(9-11(19)10-17)16(23)20-13-6-4-8-21(15(13)22)14-7-3-2-5-12(14)18/h2-3,5,7,11,13H,4,6,8-10,19H2,1H3,(H,20,23). The Bertz CT molecular complexity index is 646. The molecule has 24 heavy (non-hydrogen) atoms. The second-order valence-corrected chi connectivity index (χ2v) is 6.88. The van der Waals surface area contributed by atoms with Gasteiger partial charge >= 0.3 is 0 Å². The van der Waals surface area contributed by atoms with Crippen molar-refractivity contribution in [2.75, 3.05) is 18.6 Å². The summed E-state index contributed by atoms with van der Waals surface area (Å²) in [5.41, 5.74) is 5.57. The van der Waals surface area contributed by atoms with Gasteiger partial charge in [0.2, 0.25) is 5.91 Å². The summed E-state index contributed by atoms with van der Waals surface area (Å²) in [4.78, 5) is 27.0. The first-order valence-electron chi connectivity index (χ1n) is 8.14. The molecule has 1 aliphatic heterocycles. The highest BCUT2D eigenvalue weighted by molar-refractivity contribution is 6.33. The quantitative estimate of drug-likeness (QED) is 0.860. The number of benzene rings is 1. The van der Waals surface area contributed by atoms with E-state index in [0.717, 1.165) is 6.42 Å². The number of nitrogens with zero attached hydrogens (tertiary/aromatic N) is 1. The summed E-state index contributed by atoms with van der Waals surface area (Å²) < 4.78 is 5.38. The van der Waals surface area contributed by atoms with Gasteiger partial charge in [0.05, 0.1) is 10.7 Å². The summed E-state index contributed by atoms with van der Waals surface area (Å²) >= 11 is 6.20. The van der Waals surface area contributed by atoms with Crippen molar-refractivity contribution in [1.29, 1.82) is 0 Å². The maximum absolute atomic E-state index is 12.8. The number of hydrogen-bond donors (Lipinski definition) is 2. The van der Waals surface area contributed by atoms with Crippen LogP contribution < -0.4 is 16.0 Å². The van der Waals surface area contributed by atoms with E-state index in [1.165, 1.54) is 7.11 Å². The van der Waals surface area contributed by atoms with Gasteiger partial charge in [-0.3, -0.25) is 9.59 Å². The molecule has 0 bridgehead atoms. The van der Waals surface area contributed by atoms with Gasteiger partial charge in [0.25, 0.3) is 5.91 Å². The summed E-state index contributed by atoms with van der Waals surface area (Å²) in [6.45, 7) is 0.592. The molecule has 2 aliphatic rings. The van der Waals surface area contributed by atoms with Crippen LogP contribution >= 0.6 is 11.6 Å². The monoisotopic (exact) mass is 351 g/mol. The Balaban J connectivity index is 1.72. The second-order valence-electron chi connectivity index (χ2n) is 6.48. The molecule has 0 radical (unpaired) electrons. The van der Waals surface area contributed by atoms with Crippen LogP contribution in [-0.4, -0.2) is 43.2 Å². The first kappa shape index (κ1) is 17.2. The molecule has 1 unspecified atom stereocenters. The van der Waals surface area contributed by atoms with Gasteiger partial charge in [-0.15, -0.1) is 0 Å². The number of anilines is 1. The molecule has 2 fully saturated rings. The van der Waals surface area contributed by atoms with E-state index in [9.17, 15) is 9.59 Å². The van der Waals surface area contributed by atoms with Crippen LogP contribution in [0.15, 0.2) is 24.3 Å². The number of para-hydroxylation sites is 1. The number of nitrogens with two attached hydrogens (primary N) is 1. The number of piperidine rings is 1. The lowest BCUT2D eigenvalue weighted by Crippen LogP contribution is -2.64. The highest BCUT2D eigenvalue weighted by atomic mass is 35.5. The van der Waals surface area contributed by atoms with E-state index in [1.807, 2.05) is 18.2 Å². The van der Waals surface area contributed by atoms with E-state index < -0.39 is 11.6 Å². The Kier molecular flexibility index (Phi) is 4.80. The van der Waals surface area contributed by atoms with Gasteiger partial charge in [0, 0.05) is 32.5 Å². The average molecular weight is 352 g/mol. The van der Waals surface area contributed by atoms with Gasteiger partial charge in [-0.2, -0.15) is 0 Å². The predicted molar refractivity (Wildman–Crippen MR) is 91.9 cm³/mol. The molecule has 1 aromatic rings. The highest BCUT2D eigenvalue weighted by Gasteiger charge is 2.50. The number of hydrogen-bond acceptors (Lipinski definition) is 4. The summed E-state index contributed by atoms with van der Waals surface area (Å²) in [5, 5.41) is 3.37. The van der Waals surface area contributed by atoms with E-state index in [-0.39, 0.29) is 17.9 Å². The molecular formula is C17H22ClN3O3. The van der Waals surface area contributed by atoms with Gasteiger partial charge in [-0.25, -0.2) is 0 Å². The molecule has 1 saturated carbocycles. The highest BCUT2D eigenvalue weighted by Crippen LogP contribution is 2.35. The van der Waals surface area contributed by atoms with E-state index >= 15 is 0 Å². The fourth-order valence-corrected chi connectivity index (χ4v) is 3.68. The summed E-state index contributed by atoms with van der Waals surface area (Å²) in [6, 6.07) is 6.63. The van der Waals surface area contributed by atoms with E-state index in [4.69, 9.17) is 22.1 Å². The van der Waals surface area contributed by atoms with Crippen LogP contribution in [0.25, 0.3) is 0 Å². The van der Waals surface area contributed by atoms with Crippen molar-refractivity contribution < 1.29 is 14.3 Å². The molecule has 1 heterocycles. The molecule has 3 N–H and O–H groups in total. The number of methoxy groups -OCH3 is 1. The minimum Gasteiger partial charge on any atom is -0.368 e. The molecule has 0 aromatic heterocycles. The van der Waals surface area contributed by atoms with Crippen molar-refractivity contribution in [2.24, 2.45) is 5.73 Å². The topological polar surface area (TPSA) is 84.7 Å². The summed E-state index contributed by atoms with van der Waals surface area (Å²) in [5.74, 6) is -0.399. The molecule has 1 saturated heterocycles. The lowest BCUT2D eigenvalue weighted by Gasteiger charge is -2.44. The summed E-state index contributed by atoms with van der Waals surface area (Å²) in [6.07, 6.45) is 2.35. The number of halogens is 1. The lowest BCUT2D eigenvalue weighted by molar-refractivity contribution is -0.158. The fourth-order valence-electron chi connectivity index (χ4n) is 3.44. The van der Waals surface area contributed by atoms with E-state index in [2.05, 4.69) is 5.32 Å². The normalized spacial score (nSPS) is 30.0. The van der Waals surface area contributed by atoms with Crippen molar-refractivity contribution >= 4 is 29.1 Å². The maximum atomic E-state index is 12.8. The number of ether oxygens (including phenoxy) is 1. The number of carbonyl (C=O) groups excluding carboxylic acids is 2. The zero-order valence-electron chi connectivity index (χ0n) is 13.6. The molecule has 7 heteroatoms. The van der Waals surface area contributed by atoms with Crippen molar-refractivity contribution in [3.63, 3.8) is 0 Å². The van der Waals surface area contributed by atoms with Crippen LogP contribution in [0, 0.1) is 0 Å². The summed E-state index contributed by atoms with van der Waals surface area (Å²) in [7, 11) is 1.50. The molecule has 0 spiro atoms. The number of nitrogens with one attached hydrogen (secondary N) is 1. The Hall–Kier alpha value is -1.63. The first-order valence-corrected chi connectivity index (χ1v) is 8.52. The molecule has 6 nitrogen and oxygen atoms in total. The zero-order valence-corrected chi connectivity index (χ0v) is 14.4. The minimum absolute atomic E-state index is 0.0302. The van der Waals surface area contributed by atoms with Gasteiger partial charge in [-0.05, 0) is 25.0 Å². The Morgan fingerprint density at radius 3 is 2.75 bits per heavy atom. The Morgan fingerprint density at radius 2 is 2.12 bits per heavy atom. The smallest absolute Gasteiger partial charge is 0.253 e. The van der Waals surface area contributed by atoms with Crippen molar-refractivity contribution in [2.45, 2.75) is 43.4 Å². The third-order valence-corrected chi connectivity index (χ3v) is 5.20. The Morgan fingerprint density at radius 1 is 1.42 bits per heavy atom. The number of rotatable bonds is 4. The van der Waals surface area contributed by atoms with Gasteiger partial charge in [-0.1, -0.05) is 23.7 Å². The molecule has 3 rings (SSSR count). The third kappa shape index (κ3) is 3.01. The third-order valence-electron chi connectivity index (χ3n) is 4.88. The molecular weight excluding hydrogens is 330 g/mol. The van der Waals surface area contributed by atoms with Crippen LogP contribution in [0.1, 0.15) is 25.7 Å². The number of carbonyl (C=O) groups is 2. The van der Waals surface area contributed by atoms with Crippen LogP contribution in [-0.2, 0) is 14.3 Å². The zero-order chi connectivity index (χ0) is 17.3. The lowest BCUT2D eigenvalue weighted by atomic mass is 9.75. The van der Waals surface area contributed by atoms with E-state index in [0.29, 0.717) is 36.5 Å². The SMILES string of the molecule is COC1(C(=O)NC2CCCN(c3ccccc3Cl)C2=O)CC(N)C1. The van der Waals surface area contributed by atoms with Crippen LogP contribution in [0.2, 0.25) is 5.02 Å². The largest absolute Gasteiger partial charge is 0.368 e. The van der Waals surface area contributed by atoms with Gasteiger partial charge in [0.15, 0.2) is 0 Å². The Labute approximate surface area is 146 Å². The molecule has 130 valence electrons. The van der Waals surface area contributed by atoms with Crippen LogP contribution in [0.4, 0.5) is 5.69 Å². The molecule has 2 amide bonds. The van der Waals surface area contributed by atoms with E-state index in [1.54, 1.807) is 11.0 Å². The van der Waals surface area contributed by atoms with Crippen LogP contribution in [0.3, 0.4) is 0 Å². The predicted octanol–water partition coefficient (Wildman–Crippen LogP) is 1.46. The van der Waals surface area contributed by atoms with Gasteiger partial charge in [0.1, 0.15) is 11.6 Å². The second kappa shape index (κ2) is 6.70. The van der Waals surface area contributed by atoms with Crippen molar-refractivity contribution in [3.05, 3.63) is 29.3 Å². The van der Waals surface area contributed by atoms with Gasteiger partial charge < -0.3 is 20.7 Å². The molecule has 1 aliphatic carbocycles. The van der Waals surface area contributed by atoms with Crippen LogP contribution in [0.5, 0.6) is 0 Å². The number of amides is 2. The minimum atomic E-state index is -0.896. The first-order chi connectivity index (χ1) is 11.5. The fraction of sp³-hybridized carbons (Fsp3) is 0.529. The van der Waals surface area contributed by atoms with Crippen molar-refractivity contribution in [1.82, 2.24) is 5.32 Å². The average Bonchev–Trinajstić information content (AvgIpc) is 2.54. The van der Waals surface area contributed by atoms with Crippen molar-refractivity contribution in [3.8, 4) is 0 Å². The maximum Gasteiger partial charge on any atom is 0.253 e. The molecule has 1 aromatic carbocycles.